The number of aryl methyl sites for hydroxylation is 2. The molecule has 0 aromatic carbocycles. The number of unbranched alkanes of at least 4 members (excludes halogenated alkanes) is 16. The van der Waals surface area contributed by atoms with Crippen molar-refractivity contribution >= 4 is 0 Å². The lowest BCUT2D eigenvalue weighted by Gasteiger charge is -2.08. The molecule has 173 valence electrons. The van der Waals surface area contributed by atoms with E-state index >= 15 is 0 Å². The zero-order valence-corrected chi connectivity index (χ0v) is 20.5. The van der Waals surface area contributed by atoms with Crippen LogP contribution in [0.1, 0.15) is 147 Å². The molecule has 2 heteroatoms. The van der Waals surface area contributed by atoms with Crippen LogP contribution in [-0.2, 0) is 19.3 Å². The van der Waals surface area contributed by atoms with Crippen LogP contribution in [0.3, 0.4) is 0 Å². The van der Waals surface area contributed by atoms with Gasteiger partial charge in [0.1, 0.15) is 5.82 Å². The summed E-state index contributed by atoms with van der Waals surface area (Å²) in [6.45, 7) is 8.59. The molecule has 30 heavy (non-hydrogen) atoms. The summed E-state index contributed by atoms with van der Waals surface area (Å²) in [5.41, 5.74) is 2.50. The molecule has 1 rings (SSSR count). The van der Waals surface area contributed by atoms with E-state index in [2.05, 4.69) is 26.8 Å². The van der Waals surface area contributed by atoms with E-state index in [9.17, 15) is 0 Å². The second kappa shape index (κ2) is 20.0. The van der Waals surface area contributed by atoms with Gasteiger partial charge in [0.15, 0.2) is 0 Å². The Bertz CT molecular complexity index is 457. The molecule has 0 spiro atoms. The standard InChI is InChI=1S/C28H51N2/c1-4-7-9-11-13-15-17-19-21-23-26-25-27(30-28(6-3)29-26)24-22-20-18-16-14-12-10-8-5-2/h25H,3-24H2,1-2H3. The van der Waals surface area contributed by atoms with E-state index in [4.69, 9.17) is 9.97 Å². The van der Waals surface area contributed by atoms with Crippen molar-refractivity contribution in [2.45, 2.75) is 149 Å². The molecule has 1 aromatic heterocycles. The van der Waals surface area contributed by atoms with Crippen LogP contribution < -0.4 is 0 Å². The van der Waals surface area contributed by atoms with E-state index in [0.29, 0.717) is 6.42 Å². The number of aromatic nitrogens is 2. The molecular weight excluding hydrogens is 364 g/mol. The predicted octanol–water partition coefficient (Wildman–Crippen LogP) is 9.00. The Hall–Kier alpha value is -0.920. The smallest absolute Gasteiger partial charge is 0.128 e. The molecular formula is C28H51N2. The van der Waals surface area contributed by atoms with Crippen LogP contribution in [0.25, 0.3) is 0 Å². The van der Waals surface area contributed by atoms with Crippen molar-refractivity contribution in [2.75, 3.05) is 0 Å². The minimum absolute atomic E-state index is 0.705. The van der Waals surface area contributed by atoms with Gasteiger partial charge in [-0.15, -0.1) is 0 Å². The van der Waals surface area contributed by atoms with Crippen molar-refractivity contribution in [3.05, 3.63) is 30.2 Å². The van der Waals surface area contributed by atoms with Gasteiger partial charge in [-0.3, -0.25) is 0 Å². The van der Waals surface area contributed by atoms with Gasteiger partial charge in [-0.05, 0) is 38.7 Å². The highest BCUT2D eigenvalue weighted by Gasteiger charge is 2.04. The first-order valence-electron chi connectivity index (χ1n) is 13.4. The molecule has 0 fully saturated rings. The average Bonchev–Trinajstić information content (AvgIpc) is 2.76. The van der Waals surface area contributed by atoms with Gasteiger partial charge in [0.25, 0.3) is 0 Å². The molecule has 0 N–H and O–H groups in total. The summed E-state index contributed by atoms with van der Waals surface area (Å²) in [7, 11) is 0. The van der Waals surface area contributed by atoms with Crippen LogP contribution in [-0.4, -0.2) is 9.97 Å². The molecule has 0 unspecified atom stereocenters. The highest BCUT2D eigenvalue weighted by atomic mass is 14.9. The van der Waals surface area contributed by atoms with Crippen molar-refractivity contribution in [3.8, 4) is 0 Å². The molecule has 2 nitrogen and oxygen atoms in total. The zero-order valence-electron chi connectivity index (χ0n) is 20.5. The molecule has 0 amide bonds. The van der Waals surface area contributed by atoms with E-state index in [0.717, 1.165) is 18.7 Å². The van der Waals surface area contributed by atoms with Crippen LogP contribution in [0.4, 0.5) is 0 Å². The van der Waals surface area contributed by atoms with Crippen molar-refractivity contribution in [1.29, 1.82) is 0 Å². The van der Waals surface area contributed by atoms with Crippen LogP contribution in [0.2, 0.25) is 0 Å². The second-order valence-corrected chi connectivity index (χ2v) is 9.17. The van der Waals surface area contributed by atoms with E-state index < -0.39 is 0 Å². The molecule has 0 atom stereocenters. The Morgan fingerprint density at radius 1 is 0.533 bits per heavy atom. The highest BCUT2D eigenvalue weighted by molar-refractivity contribution is 5.12. The largest absolute Gasteiger partial charge is 0.238 e. The number of hydrogen-bond donors (Lipinski definition) is 0. The predicted molar refractivity (Wildman–Crippen MR) is 133 cm³/mol. The minimum Gasteiger partial charge on any atom is -0.238 e. The van der Waals surface area contributed by atoms with Gasteiger partial charge in [0.2, 0.25) is 0 Å². The quantitative estimate of drug-likeness (QED) is 0.187. The van der Waals surface area contributed by atoms with E-state index in [-0.39, 0.29) is 0 Å². The molecule has 1 aromatic rings. The first-order valence-corrected chi connectivity index (χ1v) is 13.4. The molecule has 1 heterocycles. The van der Waals surface area contributed by atoms with Gasteiger partial charge in [-0.1, -0.05) is 117 Å². The topological polar surface area (TPSA) is 25.8 Å². The summed E-state index contributed by atoms with van der Waals surface area (Å²) in [4.78, 5) is 9.48. The molecule has 0 saturated heterocycles. The molecule has 0 aliphatic heterocycles. The normalized spacial score (nSPS) is 11.3. The fraction of sp³-hybridized carbons (Fsp3) is 0.821. The number of hydrogen-bond acceptors (Lipinski definition) is 2. The SMILES string of the molecule is [CH2]Cc1nc(CCCCCCCCCCC)cc(CCCCCCCCCCC)n1. The summed E-state index contributed by atoms with van der Waals surface area (Å²) < 4.78 is 0. The highest BCUT2D eigenvalue weighted by Crippen LogP contribution is 2.14. The molecule has 0 aliphatic rings. The van der Waals surface area contributed by atoms with Crippen LogP contribution in [0, 0.1) is 6.92 Å². The monoisotopic (exact) mass is 415 g/mol. The summed E-state index contributed by atoms with van der Waals surface area (Å²) in [5, 5.41) is 0. The second-order valence-electron chi connectivity index (χ2n) is 9.17. The van der Waals surface area contributed by atoms with Crippen LogP contribution >= 0.6 is 0 Å². The summed E-state index contributed by atoms with van der Waals surface area (Å²) >= 11 is 0. The molecule has 1 radical (unpaired) electrons. The summed E-state index contributed by atoms with van der Waals surface area (Å²) in [6, 6.07) is 2.27. The minimum atomic E-state index is 0.705. The van der Waals surface area contributed by atoms with Gasteiger partial charge < -0.3 is 0 Å². The van der Waals surface area contributed by atoms with Crippen LogP contribution in [0.15, 0.2) is 6.07 Å². The van der Waals surface area contributed by atoms with Gasteiger partial charge in [-0.2, -0.15) is 0 Å². The third-order valence-electron chi connectivity index (χ3n) is 6.18. The van der Waals surface area contributed by atoms with Crippen molar-refractivity contribution in [1.82, 2.24) is 9.97 Å². The first-order chi connectivity index (χ1) is 14.8. The third kappa shape index (κ3) is 15.0. The maximum absolute atomic E-state index is 4.74. The molecule has 0 bridgehead atoms. The van der Waals surface area contributed by atoms with Gasteiger partial charge in [0.05, 0.1) is 0 Å². The average molecular weight is 416 g/mol. The molecule has 0 saturated carbocycles. The number of rotatable bonds is 21. The Labute approximate surface area is 189 Å². The van der Waals surface area contributed by atoms with Crippen LogP contribution in [0.5, 0.6) is 0 Å². The number of nitrogens with zero attached hydrogens (tertiary/aromatic N) is 2. The first kappa shape index (κ1) is 27.1. The van der Waals surface area contributed by atoms with Crippen molar-refractivity contribution in [2.24, 2.45) is 0 Å². The summed E-state index contributed by atoms with van der Waals surface area (Å²) in [5.74, 6) is 0.939. The molecule has 0 aliphatic carbocycles. The Balaban J connectivity index is 2.17. The lowest BCUT2D eigenvalue weighted by Crippen LogP contribution is -2.03. The van der Waals surface area contributed by atoms with E-state index in [1.54, 1.807) is 0 Å². The van der Waals surface area contributed by atoms with E-state index in [1.807, 2.05) is 0 Å². The van der Waals surface area contributed by atoms with Gasteiger partial charge >= 0.3 is 0 Å². The Kier molecular flexibility index (Phi) is 18.1. The lowest BCUT2D eigenvalue weighted by atomic mass is 10.0. The Morgan fingerprint density at radius 2 is 0.867 bits per heavy atom. The fourth-order valence-electron chi connectivity index (χ4n) is 4.21. The van der Waals surface area contributed by atoms with Crippen molar-refractivity contribution < 1.29 is 0 Å². The third-order valence-corrected chi connectivity index (χ3v) is 6.18. The van der Waals surface area contributed by atoms with E-state index in [1.165, 1.54) is 127 Å². The maximum Gasteiger partial charge on any atom is 0.128 e. The zero-order chi connectivity index (χ0) is 21.7. The van der Waals surface area contributed by atoms with Crippen molar-refractivity contribution in [3.63, 3.8) is 0 Å². The fourth-order valence-corrected chi connectivity index (χ4v) is 4.21. The lowest BCUT2D eigenvalue weighted by molar-refractivity contribution is 0.561. The van der Waals surface area contributed by atoms with Gasteiger partial charge in [-0.25, -0.2) is 9.97 Å². The summed E-state index contributed by atoms with van der Waals surface area (Å²) in [6.07, 6.45) is 27.7. The Morgan fingerprint density at radius 3 is 1.20 bits per heavy atom. The van der Waals surface area contributed by atoms with Gasteiger partial charge in [0, 0.05) is 17.8 Å². The maximum atomic E-state index is 4.74.